The molecule has 1 aliphatic rings. The van der Waals surface area contributed by atoms with Crippen molar-refractivity contribution < 1.29 is 0 Å². The number of rotatable bonds is 4. The van der Waals surface area contributed by atoms with Crippen LogP contribution in [0, 0.1) is 12.8 Å². The first-order valence-corrected chi connectivity index (χ1v) is 7.10. The molecule has 1 aliphatic heterocycles. The van der Waals surface area contributed by atoms with E-state index in [1.165, 1.54) is 36.3 Å². The lowest BCUT2D eigenvalue weighted by molar-refractivity contribution is 0.577. The van der Waals surface area contributed by atoms with Crippen molar-refractivity contribution in [3.05, 3.63) is 29.3 Å². The van der Waals surface area contributed by atoms with E-state index in [1.807, 2.05) is 0 Å². The van der Waals surface area contributed by atoms with Crippen LogP contribution in [0.1, 0.15) is 37.3 Å². The van der Waals surface area contributed by atoms with E-state index in [4.69, 9.17) is 0 Å². The van der Waals surface area contributed by atoms with Gasteiger partial charge in [0.2, 0.25) is 0 Å². The van der Waals surface area contributed by atoms with Crippen LogP contribution in [-0.4, -0.2) is 26.7 Å². The lowest BCUT2D eigenvalue weighted by atomic mass is 9.99. The van der Waals surface area contributed by atoms with Crippen molar-refractivity contribution in [2.24, 2.45) is 5.92 Å². The molecular formula is C16H26N2. The summed E-state index contributed by atoms with van der Waals surface area (Å²) >= 11 is 0. The first-order chi connectivity index (χ1) is 8.58. The fourth-order valence-electron chi connectivity index (χ4n) is 2.75. The summed E-state index contributed by atoms with van der Waals surface area (Å²) < 4.78 is 0. The van der Waals surface area contributed by atoms with E-state index >= 15 is 0 Å². The smallest absolute Gasteiger partial charge is 0.0396 e. The molecule has 0 bridgehead atoms. The van der Waals surface area contributed by atoms with E-state index in [2.05, 4.69) is 56.2 Å². The van der Waals surface area contributed by atoms with E-state index in [9.17, 15) is 0 Å². The fraction of sp³-hybridized carbons (Fsp3) is 0.625. The summed E-state index contributed by atoms with van der Waals surface area (Å²) in [4.78, 5) is 2.43. The summed E-state index contributed by atoms with van der Waals surface area (Å²) in [6.45, 7) is 10.2. The Morgan fingerprint density at radius 1 is 1.39 bits per heavy atom. The maximum absolute atomic E-state index is 3.45. The first kappa shape index (κ1) is 13.4. The van der Waals surface area contributed by atoms with Crippen LogP contribution in [-0.2, 0) is 0 Å². The second kappa shape index (κ2) is 5.75. The lowest BCUT2D eigenvalue weighted by Crippen LogP contribution is -2.27. The molecule has 1 aromatic carbocycles. The van der Waals surface area contributed by atoms with Crippen molar-refractivity contribution in [3.63, 3.8) is 0 Å². The van der Waals surface area contributed by atoms with Gasteiger partial charge in [0.05, 0.1) is 0 Å². The average Bonchev–Trinajstić information content (AvgIpc) is 2.81. The first-order valence-electron chi connectivity index (χ1n) is 7.10. The van der Waals surface area contributed by atoms with E-state index in [1.54, 1.807) is 0 Å². The van der Waals surface area contributed by atoms with Gasteiger partial charge in [0, 0.05) is 19.3 Å². The van der Waals surface area contributed by atoms with Gasteiger partial charge in [0.1, 0.15) is 0 Å². The molecule has 1 unspecified atom stereocenters. The normalized spacial score (nSPS) is 19.5. The Kier molecular flexibility index (Phi) is 4.28. The van der Waals surface area contributed by atoms with Crippen LogP contribution in [0.3, 0.4) is 0 Å². The fourth-order valence-corrected chi connectivity index (χ4v) is 2.75. The Bertz CT molecular complexity index is 392. The van der Waals surface area contributed by atoms with E-state index in [0.29, 0.717) is 5.92 Å². The average molecular weight is 246 g/mol. The molecule has 0 aliphatic carbocycles. The van der Waals surface area contributed by atoms with Crippen molar-refractivity contribution in [3.8, 4) is 0 Å². The predicted molar refractivity (Wildman–Crippen MR) is 79.5 cm³/mol. The summed E-state index contributed by atoms with van der Waals surface area (Å²) in [5.41, 5.74) is 4.22. The van der Waals surface area contributed by atoms with Crippen LogP contribution in [0.25, 0.3) is 0 Å². The molecule has 100 valence electrons. The van der Waals surface area contributed by atoms with Crippen LogP contribution in [0.15, 0.2) is 18.2 Å². The van der Waals surface area contributed by atoms with Gasteiger partial charge in [0.15, 0.2) is 0 Å². The van der Waals surface area contributed by atoms with Gasteiger partial charge in [-0.1, -0.05) is 26.0 Å². The molecule has 0 amide bonds. The van der Waals surface area contributed by atoms with Gasteiger partial charge in [-0.25, -0.2) is 0 Å². The Labute approximate surface area is 111 Å². The molecule has 2 heteroatoms. The summed E-state index contributed by atoms with van der Waals surface area (Å²) in [7, 11) is 2.23. The molecule has 0 aromatic heterocycles. The van der Waals surface area contributed by atoms with Crippen molar-refractivity contribution >= 4 is 5.69 Å². The number of anilines is 1. The van der Waals surface area contributed by atoms with Crippen molar-refractivity contribution in [1.82, 2.24) is 5.32 Å². The minimum atomic E-state index is 0.603. The summed E-state index contributed by atoms with van der Waals surface area (Å²) in [6.07, 6.45) is 1.31. The highest BCUT2D eigenvalue weighted by molar-refractivity contribution is 5.55. The molecule has 1 heterocycles. The van der Waals surface area contributed by atoms with E-state index in [0.717, 1.165) is 12.5 Å². The minimum absolute atomic E-state index is 0.603. The molecule has 1 fully saturated rings. The third-order valence-electron chi connectivity index (χ3n) is 4.01. The zero-order chi connectivity index (χ0) is 13.1. The number of nitrogens with one attached hydrogen (secondary N) is 1. The Morgan fingerprint density at radius 3 is 2.78 bits per heavy atom. The monoisotopic (exact) mass is 246 g/mol. The van der Waals surface area contributed by atoms with Crippen molar-refractivity contribution in [2.45, 2.75) is 33.1 Å². The zero-order valence-electron chi connectivity index (χ0n) is 12.2. The molecule has 0 saturated carbocycles. The summed E-state index contributed by atoms with van der Waals surface area (Å²) in [6, 6.07) is 6.88. The highest BCUT2D eigenvalue weighted by Gasteiger charge is 2.17. The van der Waals surface area contributed by atoms with Gasteiger partial charge >= 0.3 is 0 Å². The third kappa shape index (κ3) is 3.05. The van der Waals surface area contributed by atoms with Gasteiger partial charge < -0.3 is 10.2 Å². The number of hydrogen-bond acceptors (Lipinski definition) is 2. The van der Waals surface area contributed by atoms with Crippen molar-refractivity contribution in [2.75, 3.05) is 31.6 Å². The second-order valence-corrected chi connectivity index (χ2v) is 5.94. The van der Waals surface area contributed by atoms with Gasteiger partial charge in [0.25, 0.3) is 0 Å². The molecule has 2 rings (SSSR count). The quantitative estimate of drug-likeness (QED) is 0.878. The molecule has 1 saturated heterocycles. The largest absolute Gasteiger partial charge is 0.374 e. The van der Waals surface area contributed by atoms with E-state index in [-0.39, 0.29) is 0 Å². The van der Waals surface area contributed by atoms with Crippen LogP contribution in [0.2, 0.25) is 0 Å². The van der Waals surface area contributed by atoms with Crippen LogP contribution in [0.5, 0.6) is 0 Å². The molecule has 1 N–H and O–H groups in total. The van der Waals surface area contributed by atoms with Gasteiger partial charge in [-0.05, 0) is 55.5 Å². The number of benzene rings is 1. The van der Waals surface area contributed by atoms with Crippen LogP contribution in [0.4, 0.5) is 5.69 Å². The van der Waals surface area contributed by atoms with Gasteiger partial charge in [-0.2, -0.15) is 0 Å². The highest BCUT2D eigenvalue weighted by Crippen LogP contribution is 2.26. The topological polar surface area (TPSA) is 15.3 Å². The van der Waals surface area contributed by atoms with Crippen LogP contribution >= 0.6 is 0 Å². The lowest BCUT2D eigenvalue weighted by Gasteiger charge is -2.25. The number of aryl methyl sites for hydroxylation is 1. The van der Waals surface area contributed by atoms with Gasteiger partial charge in [-0.3, -0.25) is 0 Å². The molecular weight excluding hydrogens is 220 g/mol. The highest BCUT2D eigenvalue weighted by atomic mass is 15.1. The maximum atomic E-state index is 3.45. The predicted octanol–water partition coefficient (Wildman–Crippen LogP) is 3.16. The molecule has 1 atom stereocenters. The third-order valence-corrected chi connectivity index (χ3v) is 4.01. The van der Waals surface area contributed by atoms with Gasteiger partial charge in [-0.15, -0.1) is 0 Å². The SMILES string of the molecule is Cc1ccc(C(C)C)cc1N(C)CC1CCNC1. The minimum Gasteiger partial charge on any atom is -0.374 e. The van der Waals surface area contributed by atoms with Crippen molar-refractivity contribution in [1.29, 1.82) is 0 Å². The van der Waals surface area contributed by atoms with Crippen LogP contribution < -0.4 is 10.2 Å². The molecule has 0 spiro atoms. The Balaban J connectivity index is 2.12. The molecule has 0 radical (unpaired) electrons. The standard InChI is InChI=1S/C16H26N2/c1-12(2)15-6-5-13(3)16(9-15)18(4)11-14-7-8-17-10-14/h5-6,9,12,14,17H,7-8,10-11H2,1-4H3. The number of nitrogens with zero attached hydrogens (tertiary/aromatic N) is 1. The number of hydrogen-bond donors (Lipinski definition) is 1. The van der Waals surface area contributed by atoms with E-state index < -0.39 is 0 Å². The zero-order valence-corrected chi connectivity index (χ0v) is 12.2. The summed E-state index contributed by atoms with van der Waals surface area (Å²) in [5, 5.41) is 3.45. The molecule has 1 aromatic rings. The molecule has 18 heavy (non-hydrogen) atoms. The molecule has 2 nitrogen and oxygen atoms in total. The Morgan fingerprint density at radius 2 is 2.17 bits per heavy atom. The Hall–Kier alpha value is -1.02. The summed E-state index contributed by atoms with van der Waals surface area (Å²) in [5.74, 6) is 1.41. The second-order valence-electron chi connectivity index (χ2n) is 5.94. The maximum Gasteiger partial charge on any atom is 0.0396 e.